The van der Waals surface area contributed by atoms with Crippen LogP contribution < -0.4 is 10.2 Å². The predicted molar refractivity (Wildman–Crippen MR) is 84.9 cm³/mol. The second-order valence-corrected chi connectivity index (χ2v) is 6.18. The Kier molecular flexibility index (Phi) is 4.39. The predicted octanol–water partition coefficient (Wildman–Crippen LogP) is 3.58. The SMILES string of the molecule is CC(C)c1cnc(NC(=O)c2cccc(N(C)C)c2)s1. The van der Waals surface area contributed by atoms with Gasteiger partial charge in [-0.15, -0.1) is 11.3 Å². The molecule has 0 aliphatic rings. The van der Waals surface area contributed by atoms with Gasteiger partial charge in [0.2, 0.25) is 0 Å². The molecular weight excluding hydrogens is 270 g/mol. The van der Waals surface area contributed by atoms with Crippen molar-refractivity contribution >= 4 is 28.1 Å². The highest BCUT2D eigenvalue weighted by atomic mass is 32.1. The molecule has 0 radical (unpaired) electrons. The van der Waals surface area contributed by atoms with Crippen molar-refractivity contribution < 1.29 is 4.79 Å². The van der Waals surface area contributed by atoms with Gasteiger partial charge < -0.3 is 4.90 Å². The number of nitrogens with one attached hydrogen (secondary N) is 1. The summed E-state index contributed by atoms with van der Waals surface area (Å²) >= 11 is 1.52. The summed E-state index contributed by atoms with van der Waals surface area (Å²) in [4.78, 5) is 19.6. The molecule has 2 aromatic rings. The largest absolute Gasteiger partial charge is 0.378 e. The lowest BCUT2D eigenvalue weighted by atomic mass is 10.2. The summed E-state index contributed by atoms with van der Waals surface area (Å²) in [7, 11) is 3.90. The molecule has 4 nitrogen and oxygen atoms in total. The van der Waals surface area contributed by atoms with Gasteiger partial charge in [-0.2, -0.15) is 0 Å². The Hall–Kier alpha value is -1.88. The lowest BCUT2D eigenvalue weighted by Gasteiger charge is -2.13. The minimum atomic E-state index is -0.127. The van der Waals surface area contributed by atoms with E-state index in [1.54, 1.807) is 6.07 Å². The molecule has 0 unspecified atom stereocenters. The smallest absolute Gasteiger partial charge is 0.257 e. The zero-order valence-electron chi connectivity index (χ0n) is 12.2. The summed E-state index contributed by atoms with van der Waals surface area (Å²) < 4.78 is 0. The van der Waals surface area contributed by atoms with Gasteiger partial charge in [-0.3, -0.25) is 10.1 Å². The van der Waals surface area contributed by atoms with Crippen molar-refractivity contribution in [3.63, 3.8) is 0 Å². The summed E-state index contributed by atoms with van der Waals surface area (Å²) in [6, 6.07) is 7.52. The number of amides is 1. The van der Waals surface area contributed by atoms with E-state index in [2.05, 4.69) is 24.1 Å². The van der Waals surface area contributed by atoms with Crippen molar-refractivity contribution in [2.75, 3.05) is 24.3 Å². The molecule has 106 valence electrons. The van der Waals surface area contributed by atoms with Crippen LogP contribution in [-0.4, -0.2) is 25.0 Å². The Balaban J connectivity index is 2.13. The van der Waals surface area contributed by atoms with Crippen LogP contribution in [0.15, 0.2) is 30.5 Å². The molecule has 0 saturated heterocycles. The monoisotopic (exact) mass is 289 g/mol. The third-order valence-corrected chi connectivity index (χ3v) is 4.15. The molecule has 0 saturated carbocycles. The molecule has 0 fully saturated rings. The summed E-state index contributed by atoms with van der Waals surface area (Å²) in [5, 5.41) is 3.50. The molecule has 2 rings (SSSR count). The number of hydrogen-bond donors (Lipinski definition) is 1. The summed E-state index contributed by atoms with van der Waals surface area (Å²) in [5.74, 6) is 0.300. The van der Waals surface area contributed by atoms with Crippen LogP contribution in [0, 0.1) is 0 Å². The van der Waals surface area contributed by atoms with Crippen molar-refractivity contribution in [1.82, 2.24) is 4.98 Å². The minimum absolute atomic E-state index is 0.127. The van der Waals surface area contributed by atoms with E-state index in [-0.39, 0.29) is 5.91 Å². The molecule has 0 aliphatic carbocycles. The third kappa shape index (κ3) is 3.36. The highest BCUT2D eigenvalue weighted by molar-refractivity contribution is 7.15. The first-order valence-corrected chi connectivity index (χ1v) is 7.33. The Morgan fingerprint density at radius 3 is 2.70 bits per heavy atom. The average Bonchev–Trinajstić information content (AvgIpc) is 2.87. The fourth-order valence-electron chi connectivity index (χ4n) is 1.71. The molecule has 0 spiro atoms. The van der Waals surface area contributed by atoms with E-state index in [4.69, 9.17) is 0 Å². The number of aromatic nitrogens is 1. The van der Waals surface area contributed by atoms with E-state index in [0.29, 0.717) is 16.6 Å². The van der Waals surface area contributed by atoms with Gasteiger partial charge in [0.05, 0.1) is 0 Å². The van der Waals surface area contributed by atoms with E-state index >= 15 is 0 Å². The number of nitrogens with zero attached hydrogens (tertiary/aromatic N) is 2. The summed E-state index contributed by atoms with van der Waals surface area (Å²) in [6.07, 6.45) is 1.82. The van der Waals surface area contributed by atoms with Crippen LogP contribution in [-0.2, 0) is 0 Å². The molecule has 1 aromatic carbocycles. The number of benzene rings is 1. The van der Waals surface area contributed by atoms with Crippen molar-refractivity contribution in [2.45, 2.75) is 19.8 Å². The Morgan fingerprint density at radius 2 is 2.10 bits per heavy atom. The van der Waals surface area contributed by atoms with Gasteiger partial charge in [-0.25, -0.2) is 4.98 Å². The quantitative estimate of drug-likeness (QED) is 0.935. The minimum Gasteiger partial charge on any atom is -0.378 e. The van der Waals surface area contributed by atoms with Crippen LogP contribution in [0.25, 0.3) is 0 Å². The van der Waals surface area contributed by atoms with Crippen molar-refractivity contribution in [3.05, 3.63) is 40.9 Å². The van der Waals surface area contributed by atoms with Crippen LogP contribution in [0.1, 0.15) is 35.0 Å². The second kappa shape index (κ2) is 6.05. The highest BCUT2D eigenvalue weighted by Crippen LogP contribution is 2.25. The van der Waals surface area contributed by atoms with Crippen molar-refractivity contribution in [3.8, 4) is 0 Å². The zero-order valence-corrected chi connectivity index (χ0v) is 13.0. The number of rotatable bonds is 4. The number of thiazole rings is 1. The Bertz CT molecular complexity index is 605. The van der Waals surface area contributed by atoms with Gasteiger partial charge in [0.15, 0.2) is 5.13 Å². The normalized spacial score (nSPS) is 10.7. The fourth-order valence-corrected chi connectivity index (χ4v) is 2.52. The fraction of sp³-hybridized carbons (Fsp3) is 0.333. The maximum Gasteiger partial charge on any atom is 0.257 e. The van der Waals surface area contributed by atoms with Gasteiger partial charge in [0.25, 0.3) is 5.91 Å². The van der Waals surface area contributed by atoms with Crippen LogP contribution in [0.2, 0.25) is 0 Å². The summed E-state index contributed by atoms with van der Waals surface area (Å²) in [5.41, 5.74) is 1.64. The van der Waals surface area contributed by atoms with Gasteiger partial charge >= 0.3 is 0 Å². The van der Waals surface area contributed by atoms with Crippen LogP contribution in [0.3, 0.4) is 0 Å². The maximum atomic E-state index is 12.2. The average molecular weight is 289 g/mol. The number of hydrogen-bond acceptors (Lipinski definition) is 4. The van der Waals surface area contributed by atoms with Crippen LogP contribution >= 0.6 is 11.3 Å². The number of anilines is 2. The Labute approximate surface area is 123 Å². The van der Waals surface area contributed by atoms with Gasteiger partial charge in [0.1, 0.15) is 0 Å². The van der Waals surface area contributed by atoms with Gasteiger partial charge in [-0.1, -0.05) is 19.9 Å². The van der Waals surface area contributed by atoms with Crippen LogP contribution in [0.5, 0.6) is 0 Å². The first kappa shape index (κ1) is 14.5. The maximum absolute atomic E-state index is 12.2. The van der Waals surface area contributed by atoms with E-state index in [1.807, 2.05) is 43.4 Å². The lowest BCUT2D eigenvalue weighted by molar-refractivity contribution is 0.102. The Morgan fingerprint density at radius 1 is 1.35 bits per heavy atom. The molecule has 1 N–H and O–H groups in total. The molecule has 1 amide bonds. The molecule has 5 heteroatoms. The molecule has 0 aliphatic heterocycles. The lowest BCUT2D eigenvalue weighted by Crippen LogP contribution is -2.14. The van der Waals surface area contributed by atoms with E-state index < -0.39 is 0 Å². The number of carbonyl (C=O) groups is 1. The zero-order chi connectivity index (χ0) is 14.7. The molecule has 20 heavy (non-hydrogen) atoms. The summed E-state index contributed by atoms with van der Waals surface area (Å²) in [6.45, 7) is 4.22. The van der Waals surface area contributed by atoms with Gasteiger partial charge in [-0.05, 0) is 24.1 Å². The molecule has 1 aromatic heterocycles. The highest BCUT2D eigenvalue weighted by Gasteiger charge is 2.11. The topological polar surface area (TPSA) is 45.2 Å². The number of carbonyl (C=O) groups excluding carboxylic acids is 1. The van der Waals surface area contributed by atoms with Crippen molar-refractivity contribution in [2.24, 2.45) is 0 Å². The van der Waals surface area contributed by atoms with E-state index in [1.165, 1.54) is 16.2 Å². The molecule has 1 heterocycles. The molecule has 0 bridgehead atoms. The molecule has 0 atom stereocenters. The van der Waals surface area contributed by atoms with Gasteiger partial charge in [0, 0.05) is 36.4 Å². The third-order valence-electron chi connectivity index (χ3n) is 2.94. The first-order chi connectivity index (χ1) is 9.47. The van der Waals surface area contributed by atoms with Crippen LogP contribution in [0.4, 0.5) is 10.8 Å². The first-order valence-electron chi connectivity index (χ1n) is 6.52. The van der Waals surface area contributed by atoms with Crippen molar-refractivity contribution in [1.29, 1.82) is 0 Å². The van der Waals surface area contributed by atoms with E-state index in [0.717, 1.165) is 5.69 Å². The molecular formula is C15H19N3OS. The standard InChI is InChI=1S/C15H19N3OS/c1-10(2)13-9-16-15(20-13)17-14(19)11-6-5-7-12(8-11)18(3)4/h5-10H,1-4H3,(H,16,17,19). The second-order valence-electron chi connectivity index (χ2n) is 5.12. The van der Waals surface area contributed by atoms with E-state index in [9.17, 15) is 4.79 Å².